The van der Waals surface area contributed by atoms with Crippen LogP contribution in [0, 0.1) is 0 Å². The summed E-state index contributed by atoms with van der Waals surface area (Å²) in [7, 11) is 1.63. The quantitative estimate of drug-likeness (QED) is 0.735. The van der Waals surface area contributed by atoms with Crippen molar-refractivity contribution < 1.29 is 9.53 Å². The highest BCUT2D eigenvalue weighted by Crippen LogP contribution is 2.37. The Labute approximate surface area is 90.3 Å². The van der Waals surface area contributed by atoms with Crippen molar-refractivity contribution in [1.82, 2.24) is 0 Å². The molecule has 0 fully saturated rings. The maximum atomic E-state index is 11.5. The van der Waals surface area contributed by atoms with Crippen LogP contribution in [0.1, 0.15) is 29.9 Å². The molecule has 1 atom stereocenters. The normalized spacial score (nSPS) is 18.1. The summed E-state index contributed by atoms with van der Waals surface area (Å²) in [6, 6.07) is 8.38. The van der Waals surface area contributed by atoms with Crippen molar-refractivity contribution in [3.8, 4) is 0 Å². The highest BCUT2D eigenvalue weighted by Gasteiger charge is 2.26. The van der Waals surface area contributed by atoms with Gasteiger partial charge in [0.1, 0.15) is 5.78 Å². The third kappa shape index (κ3) is 2.26. The lowest BCUT2D eigenvalue weighted by Gasteiger charge is -2.29. The lowest BCUT2D eigenvalue weighted by molar-refractivity contribution is -0.120. The van der Waals surface area contributed by atoms with E-state index in [4.69, 9.17) is 4.74 Å². The van der Waals surface area contributed by atoms with E-state index in [0.29, 0.717) is 31.1 Å². The zero-order valence-electron chi connectivity index (χ0n) is 9.03. The SMILES string of the molecule is COCCC(=O)CC1Cc2ccccc21. The Morgan fingerprint density at radius 2 is 2.27 bits per heavy atom. The van der Waals surface area contributed by atoms with Crippen LogP contribution in [0.2, 0.25) is 0 Å². The summed E-state index contributed by atoms with van der Waals surface area (Å²) in [4.78, 5) is 11.5. The smallest absolute Gasteiger partial charge is 0.135 e. The topological polar surface area (TPSA) is 26.3 Å². The summed E-state index contributed by atoms with van der Waals surface area (Å²) in [6.45, 7) is 0.549. The van der Waals surface area contributed by atoms with Gasteiger partial charge in [-0.3, -0.25) is 4.79 Å². The van der Waals surface area contributed by atoms with Gasteiger partial charge in [0, 0.05) is 20.0 Å². The number of fused-ring (bicyclic) bond motifs is 1. The van der Waals surface area contributed by atoms with Gasteiger partial charge in [-0.1, -0.05) is 24.3 Å². The molecule has 1 aromatic rings. The molecule has 2 nitrogen and oxygen atoms in total. The van der Waals surface area contributed by atoms with E-state index in [2.05, 4.69) is 18.2 Å². The number of ketones is 1. The van der Waals surface area contributed by atoms with Gasteiger partial charge in [-0.15, -0.1) is 0 Å². The van der Waals surface area contributed by atoms with Crippen LogP contribution in [0.5, 0.6) is 0 Å². The Hall–Kier alpha value is -1.15. The van der Waals surface area contributed by atoms with Crippen LogP contribution in [-0.2, 0) is 16.0 Å². The van der Waals surface area contributed by atoms with E-state index >= 15 is 0 Å². The largest absolute Gasteiger partial charge is 0.384 e. The second kappa shape index (κ2) is 4.58. The van der Waals surface area contributed by atoms with Crippen molar-refractivity contribution in [2.75, 3.05) is 13.7 Å². The minimum Gasteiger partial charge on any atom is -0.384 e. The van der Waals surface area contributed by atoms with Gasteiger partial charge in [0.05, 0.1) is 6.61 Å². The fourth-order valence-electron chi connectivity index (χ4n) is 2.14. The Morgan fingerprint density at radius 1 is 1.47 bits per heavy atom. The standard InChI is InChI=1S/C13H16O2/c1-15-7-6-12(14)9-11-8-10-4-2-3-5-13(10)11/h2-5,11H,6-9H2,1H3. The summed E-state index contributed by atoms with van der Waals surface area (Å²) in [6.07, 6.45) is 2.30. The molecule has 1 unspecified atom stereocenters. The van der Waals surface area contributed by atoms with E-state index < -0.39 is 0 Å². The van der Waals surface area contributed by atoms with Crippen LogP contribution >= 0.6 is 0 Å². The molecule has 1 aliphatic carbocycles. The van der Waals surface area contributed by atoms with Gasteiger partial charge in [0.2, 0.25) is 0 Å². The number of hydrogen-bond donors (Lipinski definition) is 0. The molecule has 0 radical (unpaired) electrons. The monoisotopic (exact) mass is 204 g/mol. The molecule has 0 heterocycles. The van der Waals surface area contributed by atoms with Gasteiger partial charge in [0.15, 0.2) is 0 Å². The Balaban J connectivity index is 1.87. The molecule has 2 heteroatoms. The van der Waals surface area contributed by atoms with Crippen LogP contribution in [0.4, 0.5) is 0 Å². The minimum absolute atomic E-state index is 0.316. The van der Waals surface area contributed by atoms with Crippen LogP contribution in [-0.4, -0.2) is 19.5 Å². The molecule has 0 N–H and O–H groups in total. The Morgan fingerprint density at radius 3 is 3.00 bits per heavy atom. The number of methoxy groups -OCH3 is 1. The molecule has 0 aromatic heterocycles. The molecule has 0 saturated carbocycles. The second-order valence-corrected chi connectivity index (χ2v) is 4.09. The van der Waals surface area contributed by atoms with Gasteiger partial charge >= 0.3 is 0 Å². The fraction of sp³-hybridized carbons (Fsp3) is 0.462. The number of ether oxygens (including phenoxy) is 1. The third-order valence-electron chi connectivity index (χ3n) is 3.02. The molecule has 2 rings (SSSR count). The van der Waals surface area contributed by atoms with Crippen molar-refractivity contribution in [3.05, 3.63) is 35.4 Å². The van der Waals surface area contributed by atoms with Gasteiger partial charge < -0.3 is 4.74 Å². The first-order valence-electron chi connectivity index (χ1n) is 5.39. The predicted octanol–water partition coefficient (Wildman–Crippen LogP) is 2.32. The van der Waals surface area contributed by atoms with Crippen molar-refractivity contribution in [2.24, 2.45) is 0 Å². The molecule has 0 bridgehead atoms. The van der Waals surface area contributed by atoms with E-state index in [9.17, 15) is 4.79 Å². The molecular weight excluding hydrogens is 188 g/mol. The molecule has 0 spiro atoms. The van der Waals surface area contributed by atoms with Crippen LogP contribution in [0.25, 0.3) is 0 Å². The second-order valence-electron chi connectivity index (χ2n) is 4.09. The first kappa shape index (κ1) is 10.4. The summed E-state index contributed by atoms with van der Waals surface area (Å²) in [5.41, 5.74) is 2.77. The summed E-state index contributed by atoms with van der Waals surface area (Å²) < 4.78 is 4.89. The average molecular weight is 204 g/mol. The van der Waals surface area contributed by atoms with Gasteiger partial charge in [-0.2, -0.15) is 0 Å². The fourth-order valence-corrected chi connectivity index (χ4v) is 2.14. The van der Waals surface area contributed by atoms with Crippen molar-refractivity contribution in [2.45, 2.75) is 25.2 Å². The number of carbonyl (C=O) groups excluding carboxylic acids is 1. The van der Waals surface area contributed by atoms with E-state index in [0.717, 1.165) is 6.42 Å². The van der Waals surface area contributed by atoms with E-state index in [1.165, 1.54) is 11.1 Å². The molecule has 1 aliphatic rings. The maximum Gasteiger partial charge on any atom is 0.135 e. The Kier molecular flexibility index (Phi) is 3.17. The zero-order valence-corrected chi connectivity index (χ0v) is 9.03. The molecular formula is C13H16O2. The molecule has 1 aromatic carbocycles. The molecule has 80 valence electrons. The highest BCUT2D eigenvalue weighted by molar-refractivity contribution is 5.80. The minimum atomic E-state index is 0.316. The average Bonchev–Trinajstić information content (AvgIpc) is 2.23. The molecule has 0 amide bonds. The van der Waals surface area contributed by atoms with Gasteiger partial charge in [-0.05, 0) is 23.5 Å². The van der Waals surface area contributed by atoms with E-state index in [1.54, 1.807) is 7.11 Å². The first-order chi connectivity index (χ1) is 7.31. The van der Waals surface area contributed by atoms with Crippen LogP contribution in [0.15, 0.2) is 24.3 Å². The summed E-state index contributed by atoms with van der Waals surface area (Å²) in [5, 5.41) is 0. The lowest BCUT2D eigenvalue weighted by atomic mass is 9.75. The number of rotatable bonds is 5. The summed E-state index contributed by atoms with van der Waals surface area (Å²) in [5.74, 6) is 0.780. The van der Waals surface area contributed by atoms with Gasteiger partial charge in [0.25, 0.3) is 0 Å². The van der Waals surface area contributed by atoms with Crippen LogP contribution < -0.4 is 0 Å². The highest BCUT2D eigenvalue weighted by atomic mass is 16.5. The lowest BCUT2D eigenvalue weighted by Crippen LogP contribution is -2.20. The van der Waals surface area contributed by atoms with Crippen LogP contribution in [0.3, 0.4) is 0 Å². The van der Waals surface area contributed by atoms with E-state index in [-0.39, 0.29) is 0 Å². The third-order valence-corrected chi connectivity index (χ3v) is 3.02. The predicted molar refractivity (Wildman–Crippen MR) is 59.0 cm³/mol. The molecule has 0 saturated heterocycles. The number of Topliss-reactive ketones (excluding diaryl/α,β-unsaturated/α-hetero) is 1. The zero-order chi connectivity index (χ0) is 10.7. The van der Waals surface area contributed by atoms with E-state index in [1.807, 2.05) is 6.07 Å². The van der Waals surface area contributed by atoms with Crippen molar-refractivity contribution in [1.29, 1.82) is 0 Å². The van der Waals surface area contributed by atoms with Crippen molar-refractivity contribution in [3.63, 3.8) is 0 Å². The molecule has 0 aliphatic heterocycles. The Bertz CT molecular complexity index is 357. The number of carbonyl (C=O) groups is 1. The number of hydrogen-bond acceptors (Lipinski definition) is 2. The first-order valence-corrected chi connectivity index (χ1v) is 5.39. The maximum absolute atomic E-state index is 11.5. The summed E-state index contributed by atoms with van der Waals surface area (Å²) >= 11 is 0. The van der Waals surface area contributed by atoms with Crippen molar-refractivity contribution >= 4 is 5.78 Å². The molecule has 15 heavy (non-hydrogen) atoms. The van der Waals surface area contributed by atoms with Gasteiger partial charge in [-0.25, -0.2) is 0 Å². The number of benzene rings is 1.